The lowest BCUT2D eigenvalue weighted by molar-refractivity contribution is -0.111. The Bertz CT molecular complexity index is 746. The van der Waals surface area contributed by atoms with Crippen LogP contribution in [0.25, 0.3) is 17.4 Å². The molecule has 4 nitrogen and oxygen atoms in total. The number of aromatic nitrogens is 1. The van der Waals surface area contributed by atoms with Crippen LogP contribution in [-0.4, -0.2) is 10.9 Å². The number of benzene rings is 1. The van der Waals surface area contributed by atoms with Crippen LogP contribution in [0.1, 0.15) is 5.56 Å². The smallest absolute Gasteiger partial charge is 0.248 e. The molecule has 2 aromatic heterocycles. The van der Waals surface area contributed by atoms with Gasteiger partial charge in [0.1, 0.15) is 0 Å². The van der Waals surface area contributed by atoms with E-state index in [1.165, 1.54) is 12.5 Å². The summed E-state index contributed by atoms with van der Waals surface area (Å²) in [5.74, 6) is 0.496. The number of anilines is 1. The Morgan fingerprint density at radius 2 is 2.29 bits per heavy atom. The van der Waals surface area contributed by atoms with Crippen LogP contribution in [0.4, 0.5) is 5.69 Å². The summed E-state index contributed by atoms with van der Waals surface area (Å²) in [6, 6.07) is 9.39. The molecule has 3 aromatic rings. The fourth-order valence-electron chi connectivity index (χ4n) is 1.83. The minimum atomic E-state index is -0.170. The molecule has 0 aliphatic carbocycles. The highest BCUT2D eigenvalue weighted by molar-refractivity contribution is 7.08. The van der Waals surface area contributed by atoms with E-state index < -0.39 is 0 Å². The highest BCUT2D eigenvalue weighted by atomic mass is 32.1. The van der Waals surface area contributed by atoms with Gasteiger partial charge in [0.15, 0.2) is 12.2 Å². The van der Waals surface area contributed by atoms with Gasteiger partial charge in [-0.05, 0) is 40.6 Å². The van der Waals surface area contributed by atoms with Gasteiger partial charge in [0.2, 0.25) is 5.91 Å². The minimum absolute atomic E-state index is 0.170. The van der Waals surface area contributed by atoms with Gasteiger partial charge in [-0.3, -0.25) is 4.79 Å². The molecule has 0 aliphatic rings. The highest BCUT2D eigenvalue weighted by Gasteiger charge is 2.03. The Balaban J connectivity index is 1.70. The topological polar surface area (TPSA) is 55.1 Å². The second-order valence-electron chi connectivity index (χ2n) is 4.33. The molecule has 0 saturated heterocycles. The van der Waals surface area contributed by atoms with Crippen LogP contribution >= 0.6 is 11.3 Å². The van der Waals surface area contributed by atoms with Gasteiger partial charge in [0, 0.05) is 17.3 Å². The first-order valence-electron chi connectivity index (χ1n) is 6.31. The van der Waals surface area contributed by atoms with Gasteiger partial charge < -0.3 is 9.73 Å². The van der Waals surface area contributed by atoms with E-state index in [9.17, 15) is 4.79 Å². The Morgan fingerprint density at radius 1 is 1.33 bits per heavy atom. The number of nitrogens with zero attached hydrogens (tertiary/aromatic N) is 1. The van der Waals surface area contributed by atoms with Crippen LogP contribution in [0.3, 0.4) is 0 Å². The van der Waals surface area contributed by atoms with E-state index in [0.717, 1.165) is 11.1 Å². The maximum atomic E-state index is 11.9. The lowest BCUT2D eigenvalue weighted by Gasteiger charge is -2.03. The van der Waals surface area contributed by atoms with Crippen molar-refractivity contribution in [3.05, 3.63) is 65.3 Å². The molecule has 0 saturated carbocycles. The van der Waals surface area contributed by atoms with Crippen LogP contribution in [0.15, 0.2) is 64.2 Å². The molecule has 0 spiro atoms. The van der Waals surface area contributed by atoms with Crippen molar-refractivity contribution in [2.75, 3.05) is 5.32 Å². The second-order valence-corrected chi connectivity index (χ2v) is 5.11. The molecule has 1 N–H and O–H groups in total. The predicted octanol–water partition coefficient (Wildman–Crippen LogP) is 4.06. The fraction of sp³-hybridized carbons (Fsp3) is 0. The van der Waals surface area contributed by atoms with Gasteiger partial charge in [-0.25, -0.2) is 4.98 Å². The molecule has 104 valence electrons. The molecule has 0 aliphatic heterocycles. The number of amides is 1. The van der Waals surface area contributed by atoms with Crippen molar-refractivity contribution in [2.45, 2.75) is 0 Å². The molecule has 0 atom stereocenters. The third kappa shape index (κ3) is 3.46. The zero-order valence-corrected chi connectivity index (χ0v) is 11.8. The zero-order valence-electron chi connectivity index (χ0n) is 11.0. The Morgan fingerprint density at radius 3 is 3.05 bits per heavy atom. The first-order chi connectivity index (χ1) is 10.3. The Kier molecular flexibility index (Phi) is 3.93. The summed E-state index contributed by atoms with van der Waals surface area (Å²) in [5.41, 5.74) is 2.60. The maximum Gasteiger partial charge on any atom is 0.248 e. The lowest BCUT2D eigenvalue weighted by Crippen LogP contribution is -2.07. The predicted molar refractivity (Wildman–Crippen MR) is 83.9 cm³/mol. The summed E-state index contributed by atoms with van der Waals surface area (Å²) >= 11 is 1.60. The minimum Gasteiger partial charge on any atom is -0.444 e. The summed E-state index contributed by atoms with van der Waals surface area (Å²) in [6.07, 6.45) is 6.32. The molecule has 2 heterocycles. The summed E-state index contributed by atoms with van der Waals surface area (Å²) in [6.45, 7) is 0. The number of rotatable bonds is 4. The zero-order chi connectivity index (χ0) is 14.5. The van der Waals surface area contributed by atoms with E-state index in [1.807, 2.05) is 41.1 Å². The van der Waals surface area contributed by atoms with Crippen molar-refractivity contribution in [1.29, 1.82) is 0 Å². The molecule has 1 amide bonds. The van der Waals surface area contributed by atoms with E-state index in [-0.39, 0.29) is 5.91 Å². The summed E-state index contributed by atoms with van der Waals surface area (Å²) in [7, 11) is 0. The van der Waals surface area contributed by atoms with Gasteiger partial charge in [-0.15, -0.1) is 0 Å². The average molecular weight is 296 g/mol. The largest absolute Gasteiger partial charge is 0.444 e. The molecule has 3 rings (SSSR count). The Labute approximate surface area is 125 Å². The molecular formula is C16H12N2O2S. The van der Waals surface area contributed by atoms with Gasteiger partial charge in [-0.2, -0.15) is 11.3 Å². The first kappa shape index (κ1) is 13.3. The van der Waals surface area contributed by atoms with Crippen LogP contribution < -0.4 is 5.32 Å². The quantitative estimate of drug-likeness (QED) is 0.739. The molecule has 0 bridgehead atoms. The molecule has 0 unspecified atom stereocenters. The number of carbonyl (C=O) groups is 1. The summed E-state index contributed by atoms with van der Waals surface area (Å²) < 4.78 is 5.24. The normalized spacial score (nSPS) is 10.9. The van der Waals surface area contributed by atoms with Crippen molar-refractivity contribution in [1.82, 2.24) is 4.98 Å². The number of hydrogen-bond donors (Lipinski definition) is 1. The number of thiophene rings is 1. The number of nitrogens with one attached hydrogen (secondary N) is 1. The highest BCUT2D eigenvalue weighted by Crippen LogP contribution is 2.22. The summed E-state index contributed by atoms with van der Waals surface area (Å²) in [4.78, 5) is 15.8. The third-order valence-electron chi connectivity index (χ3n) is 2.82. The fourth-order valence-corrected chi connectivity index (χ4v) is 2.46. The van der Waals surface area contributed by atoms with Gasteiger partial charge in [-0.1, -0.05) is 12.1 Å². The van der Waals surface area contributed by atoms with Crippen molar-refractivity contribution in [2.24, 2.45) is 0 Å². The summed E-state index contributed by atoms with van der Waals surface area (Å²) in [5, 5.41) is 6.77. The van der Waals surface area contributed by atoms with E-state index in [2.05, 4.69) is 10.3 Å². The molecule has 1 aromatic carbocycles. The van der Waals surface area contributed by atoms with Crippen LogP contribution in [0.5, 0.6) is 0 Å². The number of oxazole rings is 1. The average Bonchev–Trinajstić information content (AvgIpc) is 3.19. The number of carbonyl (C=O) groups excluding carboxylic acids is 1. The van der Waals surface area contributed by atoms with Crippen LogP contribution in [0.2, 0.25) is 0 Å². The van der Waals surface area contributed by atoms with E-state index in [0.29, 0.717) is 11.4 Å². The van der Waals surface area contributed by atoms with Crippen molar-refractivity contribution < 1.29 is 9.21 Å². The molecule has 0 fully saturated rings. The maximum absolute atomic E-state index is 11.9. The lowest BCUT2D eigenvalue weighted by atomic mass is 10.1. The van der Waals surface area contributed by atoms with Crippen molar-refractivity contribution in [3.8, 4) is 11.3 Å². The standard InChI is InChI=1S/C16H12N2O2S/c19-16(5-4-12-6-7-21-10-12)18-14-3-1-2-13(8-14)15-9-17-11-20-15/h1-11H,(H,18,19)/b5-4-. The Hall–Kier alpha value is -2.66. The van der Waals surface area contributed by atoms with Crippen LogP contribution in [-0.2, 0) is 4.79 Å². The van der Waals surface area contributed by atoms with E-state index in [1.54, 1.807) is 23.6 Å². The van der Waals surface area contributed by atoms with Crippen LogP contribution in [0, 0.1) is 0 Å². The SMILES string of the molecule is O=C(/C=C\c1ccsc1)Nc1cccc(-c2cnco2)c1. The number of hydrogen-bond acceptors (Lipinski definition) is 4. The third-order valence-corrected chi connectivity index (χ3v) is 3.52. The molecule has 0 radical (unpaired) electrons. The van der Waals surface area contributed by atoms with Gasteiger partial charge in [0.05, 0.1) is 6.20 Å². The molecule has 5 heteroatoms. The van der Waals surface area contributed by atoms with Gasteiger partial charge in [0.25, 0.3) is 0 Å². The first-order valence-corrected chi connectivity index (χ1v) is 7.26. The van der Waals surface area contributed by atoms with E-state index in [4.69, 9.17) is 4.42 Å². The van der Waals surface area contributed by atoms with Gasteiger partial charge >= 0.3 is 0 Å². The monoisotopic (exact) mass is 296 g/mol. The molecule has 21 heavy (non-hydrogen) atoms. The molecular weight excluding hydrogens is 284 g/mol. The van der Waals surface area contributed by atoms with Crippen molar-refractivity contribution in [3.63, 3.8) is 0 Å². The van der Waals surface area contributed by atoms with Crippen molar-refractivity contribution >= 4 is 29.0 Å². The van der Waals surface area contributed by atoms with E-state index >= 15 is 0 Å². The second kappa shape index (κ2) is 6.19.